The number of halogens is 5. The van der Waals surface area contributed by atoms with Crippen molar-refractivity contribution in [3.63, 3.8) is 0 Å². The lowest BCUT2D eigenvalue weighted by molar-refractivity contribution is -0.140. The predicted molar refractivity (Wildman–Crippen MR) is 59.1 cm³/mol. The normalized spacial score (nSPS) is 11.6. The zero-order valence-corrected chi connectivity index (χ0v) is 10.8. The van der Waals surface area contributed by atoms with Gasteiger partial charge in [-0.3, -0.25) is 4.79 Å². The number of furan rings is 1. The fourth-order valence-corrected chi connectivity index (χ4v) is 1.80. The van der Waals surface area contributed by atoms with E-state index in [9.17, 15) is 18.0 Å². The maximum absolute atomic E-state index is 12.3. The van der Waals surface area contributed by atoms with Gasteiger partial charge in [-0.1, -0.05) is 0 Å². The Morgan fingerprint density at radius 2 is 2.18 bits per heavy atom. The van der Waals surface area contributed by atoms with Gasteiger partial charge in [-0.25, -0.2) is 0 Å². The zero-order chi connectivity index (χ0) is 13.1. The van der Waals surface area contributed by atoms with Crippen LogP contribution in [0.5, 0.6) is 0 Å². The standard InChI is InChI=1S/C9H8BrClF3NO2/c10-7-6(1-4-17-7)8(16)15(3-2-11)5-9(12,13)14/h1,4H,2-3,5H2. The first-order valence-electron chi connectivity index (χ1n) is 4.50. The molecule has 0 radical (unpaired) electrons. The minimum atomic E-state index is -4.46. The first kappa shape index (κ1) is 14.4. The highest BCUT2D eigenvalue weighted by Crippen LogP contribution is 2.22. The van der Waals surface area contributed by atoms with Crippen LogP contribution >= 0.6 is 27.5 Å². The van der Waals surface area contributed by atoms with Crippen molar-refractivity contribution in [3.8, 4) is 0 Å². The maximum atomic E-state index is 12.3. The topological polar surface area (TPSA) is 33.5 Å². The third-order valence-corrected chi connectivity index (χ3v) is 2.64. The van der Waals surface area contributed by atoms with Gasteiger partial charge in [0.15, 0.2) is 4.67 Å². The van der Waals surface area contributed by atoms with Gasteiger partial charge in [0.2, 0.25) is 0 Å². The van der Waals surface area contributed by atoms with Crippen molar-refractivity contribution in [1.82, 2.24) is 4.90 Å². The lowest BCUT2D eigenvalue weighted by Gasteiger charge is -2.22. The molecule has 0 N–H and O–H groups in total. The van der Waals surface area contributed by atoms with E-state index in [0.29, 0.717) is 4.90 Å². The molecule has 0 aromatic carbocycles. The number of alkyl halides is 4. The van der Waals surface area contributed by atoms with Crippen LogP contribution in [0.25, 0.3) is 0 Å². The van der Waals surface area contributed by atoms with Crippen LogP contribution in [0.15, 0.2) is 21.4 Å². The molecule has 1 rings (SSSR count). The molecule has 96 valence electrons. The van der Waals surface area contributed by atoms with Crippen LogP contribution in [0.2, 0.25) is 0 Å². The Bertz CT molecular complexity index is 394. The zero-order valence-electron chi connectivity index (χ0n) is 8.43. The molecule has 1 amide bonds. The van der Waals surface area contributed by atoms with Crippen molar-refractivity contribution < 1.29 is 22.4 Å². The lowest BCUT2D eigenvalue weighted by atomic mass is 10.3. The molecule has 8 heteroatoms. The third kappa shape index (κ3) is 4.23. The van der Waals surface area contributed by atoms with E-state index in [0.717, 1.165) is 0 Å². The van der Waals surface area contributed by atoms with Gasteiger partial charge in [-0.15, -0.1) is 11.6 Å². The third-order valence-electron chi connectivity index (χ3n) is 1.86. The smallest absolute Gasteiger partial charge is 0.406 e. The van der Waals surface area contributed by atoms with Gasteiger partial charge in [-0.05, 0) is 22.0 Å². The molecule has 1 heterocycles. The van der Waals surface area contributed by atoms with E-state index in [-0.39, 0.29) is 22.7 Å². The van der Waals surface area contributed by atoms with Gasteiger partial charge in [0.05, 0.1) is 11.8 Å². The molecular formula is C9H8BrClF3NO2. The van der Waals surface area contributed by atoms with Crippen molar-refractivity contribution in [2.75, 3.05) is 19.0 Å². The predicted octanol–water partition coefficient (Wildman–Crippen LogP) is 3.29. The molecule has 0 saturated heterocycles. The van der Waals surface area contributed by atoms with Gasteiger partial charge < -0.3 is 9.32 Å². The molecular weight excluding hydrogens is 326 g/mol. The largest absolute Gasteiger partial charge is 0.457 e. The van der Waals surface area contributed by atoms with Gasteiger partial charge >= 0.3 is 6.18 Å². The summed E-state index contributed by atoms with van der Waals surface area (Å²) in [5, 5.41) is 0. The number of amides is 1. The molecule has 0 bridgehead atoms. The van der Waals surface area contributed by atoms with Crippen LogP contribution in [0.1, 0.15) is 10.4 Å². The fraction of sp³-hybridized carbons (Fsp3) is 0.444. The molecule has 0 fully saturated rings. The highest BCUT2D eigenvalue weighted by atomic mass is 79.9. The van der Waals surface area contributed by atoms with Crippen LogP contribution in [0.3, 0.4) is 0 Å². The van der Waals surface area contributed by atoms with Gasteiger partial charge in [0.1, 0.15) is 6.54 Å². The summed E-state index contributed by atoms with van der Waals surface area (Å²) in [7, 11) is 0. The van der Waals surface area contributed by atoms with E-state index in [2.05, 4.69) is 15.9 Å². The SMILES string of the molecule is O=C(c1ccoc1Br)N(CCCl)CC(F)(F)F. The van der Waals surface area contributed by atoms with E-state index in [4.69, 9.17) is 16.0 Å². The van der Waals surface area contributed by atoms with E-state index < -0.39 is 18.6 Å². The average molecular weight is 335 g/mol. The minimum Gasteiger partial charge on any atom is -0.457 e. The first-order chi connectivity index (χ1) is 7.85. The molecule has 0 aliphatic carbocycles. The van der Waals surface area contributed by atoms with Crippen LogP contribution in [0.4, 0.5) is 13.2 Å². The van der Waals surface area contributed by atoms with Crippen LogP contribution in [-0.2, 0) is 0 Å². The van der Waals surface area contributed by atoms with E-state index >= 15 is 0 Å². The average Bonchev–Trinajstić information content (AvgIpc) is 2.61. The summed E-state index contributed by atoms with van der Waals surface area (Å²) in [6, 6.07) is 1.30. The van der Waals surface area contributed by atoms with Crippen LogP contribution < -0.4 is 0 Å². The fourth-order valence-electron chi connectivity index (χ4n) is 1.19. The Balaban J connectivity index is 2.84. The Labute approximate surface area is 109 Å². The number of hydrogen-bond donors (Lipinski definition) is 0. The van der Waals surface area contributed by atoms with Crippen molar-refractivity contribution in [1.29, 1.82) is 0 Å². The second-order valence-corrected chi connectivity index (χ2v) is 4.24. The molecule has 17 heavy (non-hydrogen) atoms. The lowest BCUT2D eigenvalue weighted by Crippen LogP contribution is -2.40. The van der Waals surface area contributed by atoms with Crippen molar-refractivity contribution in [2.45, 2.75) is 6.18 Å². The summed E-state index contributed by atoms with van der Waals surface area (Å²) in [6.45, 7) is -1.52. The van der Waals surface area contributed by atoms with E-state index in [1.54, 1.807) is 0 Å². The molecule has 0 aliphatic rings. The van der Waals surface area contributed by atoms with Crippen LogP contribution in [-0.4, -0.2) is 36.0 Å². The number of carbonyl (C=O) groups is 1. The summed E-state index contributed by atoms with van der Waals surface area (Å²) in [6.07, 6.45) is -3.25. The number of carbonyl (C=O) groups excluding carboxylic acids is 1. The summed E-state index contributed by atoms with van der Waals surface area (Å²) >= 11 is 8.31. The molecule has 0 aliphatic heterocycles. The molecule has 0 unspecified atom stereocenters. The van der Waals surface area contributed by atoms with Gasteiger partial charge in [-0.2, -0.15) is 13.2 Å². The first-order valence-corrected chi connectivity index (χ1v) is 5.83. The molecule has 3 nitrogen and oxygen atoms in total. The maximum Gasteiger partial charge on any atom is 0.406 e. The Morgan fingerprint density at radius 3 is 2.59 bits per heavy atom. The Hall–Kier alpha value is -0.690. The Kier molecular flexibility index (Phi) is 4.88. The van der Waals surface area contributed by atoms with Crippen molar-refractivity contribution in [2.24, 2.45) is 0 Å². The number of hydrogen-bond acceptors (Lipinski definition) is 2. The quantitative estimate of drug-likeness (QED) is 0.792. The summed E-state index contributed by atoms with van der Waals surface area (Å²) in [5.41, 5.74) is 0.0411. The number of rotatable bonds is 4. The highest BCUT2D eigenvalue weighted by Gasteiger charge is 2.33. The van der Waals surface area contributed by atoms with Crippen molar-refractivity contribution >= 4 is 33.4 Å². The summed E-state index contributed by atoms with van der Waals surface area (Å²) in [4.78, 5) is 12.4. The highest BCUT2D eigenvalue weighted by molar-refractivity contribution is 9.10. The van der Waals surface area contributed by atoms with E-state index in [1.165, 1.54) is 12.3 Å². The summed E-state index contributed by atoms with van der Waals surface area (Å²) < 4.78 is 41.7. The molecule has 0 atom stereocenters. The van der Waals surface area contributed by atoms with E-state index in [1.807, 2.05) is 0 Å². The molecule has 1 aromatic rings. The number of nitrogens with zero attached hydrogens (tertiary/aromatic N) is 1. The van der Waals surface area contributed by atoms with Crippen LogP contribution in [0, 0.1) is 0 Å². The van der Waals surface area contributed by atoms with Gasteiger partial charge in [0.25, 0.3) is 5.91 Å². The molecule has 0 spiro atoms. The second-order valence-electron chi connectivity index (χ2n) is 3.14. The molecule has 1 aromatic heterocycles. The summed E-state index contributed by atoms with van der Waals surface area (Å²) in [5.74, 6) is -0.847. The minimum absolute atomic E-state index is 0.0411. The molecule has 0 saturated carbocycles. The monoisotopic (exact) mass is 333 g/mol. The van der Waals surface area contributed by atoms with Crippen molar-refractivity contribution in [3.05, 3.63) is 22.6 Å². The second kappa shape index (κ2) is 5.77. The van der Waals surface area contributed by atoms with Gasteiger partial charge in [0, 0.05) is 12.4 Å². The Morgan fingerprint density at radius 1 is 1.53 bits per heavy atom.